The summed E-state index contributed by atoms with van der Waals surface area (Å²) >= 11 is 6.13. The second-order valence-electron chi connectivity index (χ2n) is 4.84. The van der Waals surface area contributed by atoms with E-state index in [1.807, 2.05) is 6.07 Å². The van der Waals surface area contributed by atoms with Crippen LogP contribution in [0.25, 0.3) is 0 Å². The number of hydrogen-bond acceptors (Lipinski definition) is 3. The third-order valence-electron chi connectivity index (χ3n) is 3.73. The van der Waals surface area contributed by atoms with Gasteiger partial charge in [0.05, 0.1) is 5.02 Å². The van der Waals surface area contributed by atoms with Gasteiger partial charge < -0.3 is 0 Å². The summed E-state index contributed by atoms with van der Waals surface area (Å²) in [5, 5.41) is 0.739. The molecule has 0 spiro atoms. The number of pyridine rings is 1. The van der Waals surface area contributed by atoms with Crippen LogP contribution in [0, 0.1) is 5.92 Å². The van der Waals surface area contributed by atoms with Crippen LogP contribution in [0.2, 0.25) is 5.02 Å². The molecule has 4 heteroatoms. The fraction of sp³-hybridized carbons (Fsp3) is 0.615. The predicted octanol–water partition coefficient (Wildman–Crippen LogP) is 2.69. The molecule has 1 unspecified atom stereocenters. The zero-order valence-electron chi connectivity index (χ0n) is 10.0. The number of hydrazine groups is 1. The van der Waals surface area contributed by atoms with E-state index in [9.17, 15) is 0 Å². The summed E-state index contributed by atoms with van der Waals surface area (Å²) < 4.78 is 0. The number of hydrogen-bond donors (Lipinski definition) is 2. The van der Waals surface area contributed by atoms with Crippen molar-refractivity contribution >= 4 is 11.6 Å². The van der Waals surface area contributed by atoms with Crippen LogP contribution in [0.3, 0.4) is 0 Å². The molecular formula is C13H20ClN3. The van der Waals surface area contributed by atoms with Gasteiger partial charge in [0.25, 0.3) is 0 Å². The van der Waals surface area contributed by atoms with E-state index in [2.05, 4.69) is 10.4 Å². The van der Waals surface area contributed by atoms with Crippen molar-refractivity contribution in [3.05, 3.63) is 29.0 Å². The molecule has 1 saturated carbocycles. The van der Waals surface area contributed by atoms with Crippen LogP contribution in [0.4, 0.5) is 0 Å². The molecule has 1 aromatic rings. The van der Waals surface area contributed by atoms with Crippen molar-refractivity contribution in [1.82, 2.24) is 10.4 Å². The number of nitrogens with two attached hydrogens (primary N) is 1. The van der Waals surface area contributed by atoms with E-state index in [1.54, 1.807) is 12.4 Å². The van der Waals surface area contributed by atoms with Crippen molar-refractivity contribution in [2.24, 2.45) is 11.8 Å². The predicted molar refractivity (Wildman–Crippen MR) is 70.6 cm³/mol. The van der Waals surface area contributed by atoms with Crippen molar-refractivity contribution in [3.8, 4) is 0 Å². The zero-order valence-corrected chi connectivity index (χ0v) is 10.8. The van der Waals surface area contributed by atoms with Crippen LogP contribution in [-0.4, -0.2) is 11.0 Å². The van der Waals surface area contributed by atoms with Crippen molar-refractivity contribution in [3.63, 3.8) is 0 Å². The lowest BCUT2D eigenvalue weighted by molar-refractivity contribution is 0.268. The maximum atomic E-state index is 6.13. The van der Waals surface area contributed by atoms with Crippen LogP contribution in [-0.2, 0) is 6.42 Å². The molecule has 3 N–H and O–H groups in total. The summed E-state index contributed by atoms with van der Waals surface area (Å²) in [5.74, 6) is 6.37. The summed E-state index contributed by atoms with van der Waals surface area (Å²) in [4.78, 5) is 4.01. The first-order chi connectivity index (χ1) is 8.31. The highest BCUT2D eigenvalue weighted by Crippen LogP contribution is 2.28. The Morgan fingerprint density at radius 2 is 2.18 bits per heavy atom. The molecule has 1 fully saturated rings. The first-order valence-corrected chi connectivity index (χ1v) is 6.73. The van der Waals surface area contributed by atoms with E-state index in [1.165, 1.54) is 32.1 Å². The van der Waals surface area contributed by atoms with Gasteiger partial charge in [-0.2, -0.15) is 0 Å². The number of nitrogens with zero attached hydrogens (tertiary/aromatic N) is 1. The van der Waals surface area contributed by atoms with Crippen LogP contribution < -0.4 is 11.3 Å². The second kappa shape index (κ2) is 6.34. The maximum Gasteiger partial charge on any atom is 0.0621 e. The molecule has 2 rings (SSSR count). The van der Waals surface area contributed by atoms with Crippen LogP contribution in [0.1, 0.15) is 37.7 Å². The van der Waals surface area contributed by atoms with E-state index < -0.39 is 0 Å². The Labute approximate surface area is 108 Å². The highest BCUT2D eigenvalue weighted by Gasteiger charge is 2.23. The lowest BCUT2D eigenvalue weighted by Crippen LogP contribution is -2.43. The van der Waals surface area contributed by atoms with Gasteiger partial charge >= 0.3 is 0 Å². The minimum atomic E-state index is 0.329. The van der Waals surface area contributed by atoms with Crippen LogP contribution >= 0.6 is 11.6 Å². The molecule has 0 aromatic carbocycles. The molecule has 0 aliphatic heterocycles. The molecule has 17 heavy (non-hydrogen) atoms. The first-order valence-electron chi connectivity index (χ1n) is 6.36. The van der Waals surface area contributed by atoms with Crippen LogP contribution in [0.15, 0.2) is 18.5 Å². The molecule has 1 aliphatic carbocycles. The molecule has 1 atom stereocenters. The number of nitrogens with one attached hydrogen (secondary N) is 1. The lowest BCUT2D eigenvalue weighted by Gasteiger charge is -2.30. The molecule has 0 radical (unpaired) electrons. The average molecular weight is 254 g/mol. The Bertz CT molecular complexity index is 350. The third-order valence-corrected chi connectivity index (χ3v) is 4.07. The van der Waals surface area contributed by atoms with Crippen LogP contribution in [0.5, 0.6) is 0 Å². The van der Waals surface area contributed by atoms with Gasteiger partial charge in [0, 0.05) is 18.4 Å². The molecule has 0 amide bonds. The Kier molecular flexibility index (Phi) is 4.77. The highest BCUT2D eigenvalue weighted by molar-refractivity contribution is 6.31. The highest BCUT2D eigenvalue weighted by atomic mass is 35.5. The normalized spacial score (nSPS) is 19.2. The summed E-state index contributed by atoms with van der Waals surface area (Å²) in [6.45, 7) is 0. The quantitative estimate of drug-likeness (QED) is 0.641. The van der Waals surface area contributed by atoms with Gasteiger partial charge in [0.1, 0.15) is 0 Å². The van der Waals surface area contributed by atoms with Gasteiger partial charge in [0.15, 0.2) is 0 Å². The topological polar surface area (TPSA) is 50.9 Å². The minimum Gasteiger partial charge on any atom is -0.271 e. The van der Waals surface area contributed by atoms with Crippen molar-refractivity contribution in [2.75, 3.05) is 0 Å². The Balaban J connectivity index is 2.01. The standard InChI is InChI=1S/C13H20ClN3/c14-12-9-16-7-6-11(12)8-13(17-15)10-4-2-1-3-5-10/h6-7,9-10,13,17H,1-5,8,15H2. The summed E-state index contributed by atoms with van der Waals surface area (Å²) in [6.07, 6.45) is 10.9. The van der Waals surface area contributed by atoms with Crippen molar-refractivity contribution < 1.29 is 0 Å². The van der Waals surface area contributed by atoms with Crippen molar-refractivity contribution in [2.45, 2.75) is 44.6 Å². The molecule has 1 aliphatic rings. The van der Waals surface area contributed by atoms with Gasteiger partial charge in [-0.25, -0.2) is 0 Å². The SMILES string of the molecule is NNC(Cc1ccncc1Cl)C1CCCCC1. The van der Waals surface area contributed by atoms with E-state index >= 15 is 0 Å². The van der Waals surface area contributed by atoms with Gasteiger partial charge in [-0.3, -0.25) is 16.3 Å². The molecular weight excluding hydrogens is 234 g/mol. The average Bonchev–Trinajstić information content (AvgIpc) is 2.39. The molecule has 0 saturated heterocycles. The molecule has 1 aromatic heterocycles. The van der Waals surface area contributed by atoms with Gasteiger partial charge in [-0.15, -0.1) is 0 Å². The van der Waals surface area contributed by atoms with E-state index in [0.717, 1.165) is 17.0 Å². The third kappa shape index (κ3) is 3.41. The molecule has 0 bridgehead atoms. The lowest BCUT2D eigenvalue weighted by atomic mass is 9.82. The van der Waals surface area contributed by atoms with E-state index in [0.29, 0.717) is 12.0 Å². The number of rotatable bonds is 4. The Morgan fingerprint density at radius 1 is 1.41 bits per heavy atom. The number of halogens is 1. The van der Waals surface area contributed by atoms with Gasteiger partial charge in [-0.1, -0.05) is 30.9 Å². The van der Waals surface area contributed by atoms with E-state index in [-0.39, 0.29) is 0 Å². The maximum absolute atomic E-state index is 6.13. The minimum absolute atomic E-state index is 0.329. The van der Waals surface area contributed by atoms with Gasteiger partial charge in [0.2, 0.25) is 0 Å². The number of aromatic nitrogens is 1. The fourth-order valence-corrected chi connectivity index (χ4v) is 2.90. The first kappa shape index (κ1) is 12.8. The summed E-state index contributed by atoms with van der Waals surface area (Å²) in [7, 11) is 0. The van der Waals surface area contributed by atoms with Gasteiger partial charge in [-0.05, 0) is 36.8 Å². The smallest absolute Gasteiger partial charge is 0.0621 e. The molecule has 94 valence electrons. The van der Waals surface area contributed by atoms with E-state index in [4.69, 9.17) is 17.4 Å². The largest absolute Gasteiger partial charge is 0.271 e. The monoisotopic (exact) mass is 253 g/mol. The second-order valence-corrected chi connectivity index (χ2v) is 5.25. The Hall–Kier alpha value is -0.640. The summed E-state index contributed by atoms with van der Waals surface area (Å²) in [6, 6.07) is 2.31. The molecule has 3 nitrogen and oxygen atoms in total. The van der Waals surface area contributed by atoms with Crippen molar-refractivity contribution in [1.29, 1.82) is 0 Å². The molecule has 1 heterocycles. The Morgan fingerprint density at radius 3 is 2.82 bits per heavy atom. The zero-order chi connectivity index (χ0) is 12.1. The summed E-state index contributed by atoms with van der Waals surface area (Å²) in [5.41, 5.74) is 4.10. The fourth-order valence-electron chi connectivity index (χ4n) is 2.70.